The number of aryl methyl sites for hydroxylation is 1. The fourth-order valence-corrected chi connectivity index (χ4v) is 4.20. The Labute approximate surface area is 194 Å². The lowest BCUT2D eigenvalue weighted by atomic mass is 9.94. The summed E-state index contributed by atoms with van der Waals surface area (Å²) in [5.41, 5.74) is 1.17. The van der Waals surface area contributed by atoms with Crippen LogP contribution in [0.3, 0.4) is 0 Å². The maximum Gasteiger partial charge on any atom is 0.295 e. The molecule has 1 aliphatic heterocycles. The van der Waals surface area contributed by atoms with E-state index < -0.39 is 17.7 Å². The summed E-state index contributed by atoms with van der Waals surface area (Å²) in [6.45, 7) is 0.983. The number of halogens is 1. The van der Waals surface area contributed by atoms with Crippen molar-refractivity contribution < 1.29 is 19.4 Å². The Morgan fingerprint density at radius 2 is 1.88 bits per heavy atom. The van der Waals surface area contributed by atoms with Gasteiger partial charge in [-0.1, -0.05) is 46.3 Å². The molecule has 164 valence electrons. The van der Waals surface area contributed by atoms with Gasteiger partial charge in [-0.05, 0) is 24.6 Å². The van der Waals surface area contributed by atoms with Crippen molar-refractivity contribution in [3.63, 3.8) is 0 Å². The van der Waals surface area contributed by atoms with Crippen LogP contribution in [0.2, 0.25) is 0 Å². The third kappa shape index (κ3) is 4.18. The lowest BCUT2D eigenvalue weighted by Crippen LogP contribution is -2.31. The minimum absolute atomic E-state index is 0.0597. The van der Waals surface area contributed by atoms with E-state index in [2.05, 4.69) is 20.9 Å². The second kappa shape index (κ2) is 9.40. The van der Waals surface area contributed by atoms with Crippen LogP contribution < -0.4 is 4.74 Å². The van der Waals surface area contributed by atoms with Gasteiger partial charge in [0.25, 0.3) is 11.7 Å². The lowest BCUT2D eigenvalue weighted by Gasteiger charge is -2.26. The first-order valence-corrected chi connectivity index (χ1v) is 10.9. The minimum Gasteiger partial charge on any atom is -0.507 e. The van der Waals surface area contributed by atoms with Gasteiger partial charge in [0.2, 0.25) is 0 Å². The van der Waals surface area contributed by atoms with Gasteiger partial charge in [-0.15, -0.1) is 0 Å². The highest BCUT2D eigenvalue weighted by atomic mass is 79.9. The smallest absolute Gasteiger partial charge is 0.295 e. The van der Waals surface area contributed by atoms with E-state index in [1.54, 1.807) is 50.0 Å². The fraction of sp³-hybridized carbons (Fsp3) is 0.208. The quantitative estimate of drug-likeness (QED) is 0.302. The number of hydrogen-bond donors (Lipinski definition) is 1. The number of imidazole rings is 1. The number of methoxy groups -OCH3 is 1. The van der Waals surface area contributed by atoms with E-state index in [4.69, 9.17) is 4.74 Å². The zero-order chi connectivity index (χ0) is 22.7. The van der Waals surface area contributed by atoms with Crippen LogP contribution in [0.25, 0.3) is 5.76 Å². The zero-order valence-corrected chi connectivity index (χ0v) is 19.0. The van der Waals surface area contributed by atoms with E-state index in [-0.39, 0.29) is 11.3 Å². The van der Waals surface area contributed by atoms with Crippen molar-refractivity contribution >= 4 is 33.4 Å². The van der Waals surface area contributed by atoms with Crippen molar-refractivity contribution in [1.82, 2.24) is 14.5 Å². The number of aliphatic hydroxyl groups is 1. The maximum absolute atomic E-state index is 13.1. The first-order chi connectivity index (χ1) is 15.5. The second-order valence-corrected chi connectivity index (χ2v) is 8.31. The van der Waals surface area contributed by atoms with Crippen molar-refractivity contribution in [1.29, 1.82) is 0 Å². The van der Waals surface area contributed by atoms with E-state index in [9.17, 15) is 14.7 Å². The number of ketones is 1. The Hall–Kier alpha value is -3.39. The Bertz CT molecular complexity index is 1160. The van der Waals surface area contributed by atoms with E-state index in [1.807, 2.05) is 29.0 Å². The number of likely N-dealkylation sites (tertiary alicyclic amines) is 1. The van der Waals surface area contributed by atoms with Crippen LogP contribution in [0.1, 0.15) is 23.6 Å². The molecule has 0 bridgehead atoms. The number of ether oxygens (including phenoxy) is 1. The number of amides is 1. The van der Waals surface area contributed by atoms with Crippen LogP contribution in [0.15, 0.2) is 77.3 Å². The predicted molar refractivity (Wildman–Crippen MR) is 123 cm³/mol. The van der Waals surface area contributed by atoms with Gasteiger partial charge in [0.1, 0.15) is 11.5 Å². The number of carbonyl (C=O) groups excluding carboxylic acids is 2. The Kier molecular flexibility index (Phi) is 6.41. The van der Waals surface area contributed by atoms with Crippen LogP contribution in [-0.2, 0) is 16.1 Å². The summed E-state index contributed by atoms with van der Waals surface area (Å²) in [6.07, 6.45) is 5.87. The first-order valence-electron chi connectivity index (χ1n) is 10.1. The van der Waals surface area contributed by atoms with Gasteiger partial charge in [-0.2, -0.15) is 0 Å². The lowest BCUT2D eigenvalue weighted by molar-refractivity contribution is -0.140. The summed E-state index contributed by atoms with van der Waals surface area (Å²) in [6, 6.07) is 13.4. The first kappa shape index (κ1) is 21.8. The zero-order valence-electron chi connectivity index (χ0n) is 17.4. The number of para-hydroxylation sites is 1. The van der Waals surface area contributed by atoms with Gasteiger partial charge in [-0.25, -0.2) is 4.98 Å². The molecule has 32 heavy (non-hydrogen) atoms. The highest BCUT2D eigenvalue weighted by molar-refractivity contribution is 9.10. The van der Waals surface area contributed by atoms with E-state index in [0.29, 0.717) is 36.4 Å². The summed E-state index contributed by atoms with van der Waals surface area (Å²) in [5.74, 6) is -1.00. The molecule has 0 saturated carbocycles. The third-order valence-electron chi connectivity index (χ3n) is 5.47. The summed E-state index contributed by atoms with van der Waals surface area (Å²) < 4.78 is 8.27. The number of benzene rings is 2. The number of rotatable bonds is 7. The van der Waals surface area contributed by atoms with Crippen molar-refractivity contribution in [2.75, 3.05) is 13.7 Å². The Morgan fingerprint density at radius 1 is 1.12 bits per heavy atom. The highest BCUT2D eigenvalue weighted by Gasteiger charge is 2.46. The van der Waals surface area contributed by atoms with E-state index >= 15 is 0 Å². The van der Waals surface area contributed by atoms with Crippen LogP contribution in [-0.4, -0.2) is 44.9 Å². The summed E-state index contributed by atoms with van der Waals surface area (Å²) in [4.78, 5) is 31.7. The number of aromatic nitrogens is 2. The average Bonchev–Trinajstić information content (AvgIpc) is 3.41. The van der Waals surface area contributed by atoms with Gasteiger partial charge in [0, 0.05) is 41.1 Å². The standard InChI is InChI=1S/C24H22BrN3O4/c1-32-19-6-3-2-5-18(19)21-20(22(29)16-7-9-17(25)10-8-16)23(30)24(31)28(21)13-4-12-27-14-11-26-15-27/h2-3,5-11,14-15,21,29H,4,12-13H2,1H3/b22-20+/t21-/m0/s1. The maximum atomic E-state index is 13.1. The van der Waals surface area contributed by atoms with Crippen LogP contribution in [0, 0.1) is 0 Å². The predicted octanol–water partition coefficient (Wildman–Crippen LogP) is 4.17. The van der Waals surface area contributed by atoms with E-state index in [1.165, 1.54) is 4.90 Å². The third-order valence-corrected chi connectivity index (χ3v) is 5.99. The van der Waals surface area contributed by atoms with Crippen LogP contribution in [0.5, 0.6) is 5.75 Å². The monoisotopic (exact) mass is 495 g/mol. The van der Waals surface area contributed by atoms with Gasteiger partial charge in [-0.3, -0.25) is 9.59 Å². The number of aliphatic hydroxyl groups excluding tert-OH is 1. The van der Waals surface area contributed by atoms with E-state index in [0.717, 1.165) is 4.47 Å². The Morgan fingerprint density at radius 3 is 2.56 bits per heavy atom. The van der Waals surface area contributed by atoms with Gasteiger partial charge in [0.05, 0.1) is 25.1 Å². The number of carbonyl (C=O) groups is 2. The molecule has 4 rings (SSSR count). The van der Waals surface area contributed by atoms with Gasteiger partial charge < -0.3 is 19.3 Å². The molecular weight excluding hydrogens is 474 g/mol. The molecule has 0 spiro atoms. The van der Waals surface area contributed by atoms with Crippen molar-refractivity contribution in [2.45, 2.75) is 19.0 Å². The topological polar surface area (TPSA) is 84.7 Å². The van der Waals surface area contributed by atoms with Crippen molar-refractivity contribution in [3.05, 3.63) is 88.4 Å². The highest BCUT2D eigenvalue weighted by Crippen LogP contribution is 2.42. The molecule has 8 heteroatoms. The molecule has 1 N–H and O–H groups in total. The second-order valence-electron chi connectivity index (χ2n) is 7.40. The molecule has 3 aromatic rings. The molecule has 2 aromatic carbocycles. The molecule has 1 saturated heterocycles. The SMILES string of the molecule is COc1ccccc1[C@H]1/C(=C(\O)c2ccc(Br)cc2)C(=O)C(=O)N1CCCn1ccnc1. The van der Waals surface area contributed by atoms with Crippen LogP contribution in [0.4, 0.5) is 0 Å². The molecule has 1 aromatic heterocycles. The van der Waals surface area contributed by atoms with Crippen molar-refractivity contribution in [3.8, 4) is 5.75 Å². The molecular formula is C24H22BrN3O4. The molecule has 0 aliphatic carbocycles. The fourth-order valence-electron chi connectivity index (χ4n) is 3.93. The van der Waals surface area contributed by atoms with Crippen LogP contribution >= 0.6 is 15.9 Å². The van der Waals surface area contributed by atoms with Gasteiger partial charge >= 0.3 is 0 Å². The molecule has 0 radical (unpaired) electrons. The minimum atomic E-state index is -0.752. The summed E-state index contributed by atoms with van der Waals surface area (Å²) >= 11 is 3.37. The average molecular weight is 496 g/mol. The molecule has 1 atom stereocenters. The largest absolute Gasteiger partial charge is 0.507 e. The molecule has 2 heterocycles. The van der Waals surface area contributed by atoms with Crippen molar-refractivity contribution in [2.24, 2.45) is 0 Å². The normalized spacial score (nSPS) is 17.7. The molecule has 1 amide bonds. The number of Topliss-reactive ketones (excluding diaryl/α,β-unsaturated/α-hetero) is 1. The van der Waals surface area contributed by atoms with Gasteiger partial charge in [0.15, 0.2) is 0 Å². The number of nitrogens with zero attached hydrogens (tertiary/aromatic N) is 3. The summed E-state index contributed by atoms with van der Waals surface area (Å²) in [7, 11) is 1.54. The summed E-state index contributed by atoms with van der Waals surface area (Å²) in [5, 5.41) is 11.1. The molecule has 7 nitrogen and oxygen atoms in total. The molecule has 0 unspecified atom stereocenters. The molecule has 1 aliphatic rings. The Balaban J connectivity index is 1.77. The molecule has 1 fully saturated rings. The number of hydrogen-bond acceptors (Lipinski definition) is 5.